The van der Waals surface area contributed by atoms with Crippen LogP contribution in [-0.2, 0) is 0 Å². The molecule has 1 fully saturated rings. The van der Waals surface area contributed by atoms with Gasteiger partial charge >= 0.3 is 0 Å². The summed E-state index contributed by atoms with van der Waals surface area (Å²) in [4.78, 5) is 4.83. The van der Waals surface area contributed by atoms with Crippen LogP contribution in [0.4, 0.5) is 11.4 Å². The van der Waals surface area contributed by atoms with Crippen LogP contribution < -0.4 is 10.6 Å². The van der Waals surface area contributed by atoms with Gasteiger partial charge in [-0.2, -0.15) is 0 Å². The predicted octanol–water partition coefficient (Wildman–Crippen LogP) is 5.60. The number of aliphatic hydroxyl groups excluding tert-OH is 1. The lowest BCUT2D eigenvalue weighted by atomic mass is 9.87. The van der Waals surface area contributed by atoms with Gasteiger partial charge in [0.2, 0.25) is 0 Å². The number of halogens is 2. The van der Waals surface area contributed by atoms with Gasteiger partial charge in [-0.1, -0.05) is 54.6 Å². The normalized spacial score (nSPS) is 14.6. The molecule has 0 amide bonds. The Bertz CT molecular complexity index is 1030. The van der Waals surface area contributed by atoms with E-state index in [9.17, 15) is 5.11 Å². The van der Waals surface area contributed by atoms with E-state index in [0.29, 0.717) is 0 Å². The molecule has 0 bridgehead atoms. The highest BCUT2D eigenvalue weighted by Crippen LogP contribution is 2.36. The maximum atomic E-state index is 9.57. The first-order valence-corrected chi connectivity index (χ1v) is 11.4. The molecule has 0 aromatic heterocycles. The summed E-state index contributed by atoms with van der Waals surface area (Å²) in [5, 5.41) is 9.57. The van der Waals surface area contributed by atoms with Crippen molar-refractivity contribution < 1.29 is 5.11 Å². The van der Waals surface area contributed by atoms with Crippen molar-refractivity contribution in [2.75, 3.05) is 50.5 Å². The van der Waals surface area contributed by atoms with E-state index in [-0.39, 0.29) is 31.4 Å². The summed E-state index contributed by atoms with van der Waals surface area (Å²) in [5.74, 6) is 0. The van der Waals surface area contributed by atoms with E-state index in [1.807, 2.05) is 18.2 Å². The summed E-state index contributed by atoms with van der Waals surface area (Å²) >= 11 is 0. The maximum Gasteiger partial charge on any atom is 0.0434 e. The van der Waals surface area contributed by atoms with Crippen molar-refractivity contribution in [3.8, 4) is 0 Å². The Kier molecular flexibility index (Phi) is 10.9. The summed E-state index contributed by atoms with van der Waals surface area (Å²) in [5.41, 5.74) is 14.0. The van der Waals surface area contributed by atoms with E-state index in [2.05, 4.69) is 77.5 Å². The van der Waals surface area contributed by atoms with E-state index >= 15 is 0 Å². The monoisotopic (exact) mass is 499 g/mol. The molecule has 0 atom stereocenters. The molecule has 4 rings (SSSR count). The molecule has 1 saturated heterocycles. The van der Waals surface area contributed by atoms with Crippen molar-refractivity contribution in [2.45, 2.75) is 12.8 Å². The molecule has 0 radical (unpaired) electrons. The number of benzene rings is 3. The maximum absolute atomic E-state index is 9.57. The third-order valence-electron chi connectivity index (χ3n) is 6.23. The highest BCUT2D eigenvalue weighted by Gasteiger charge is 2.17. The van der Waals surface area contributed by atoms with E-state index < -0.39 is 0 Å². The lowest BCUT2D eigenvalue weighted by Crippen LogP contribution is -2.44. The van der Waals surface area contributed by atoms with Crippen LogP contribution in [0.15, 0.2) is 78.9 Å². The van der Waals surface area contributed by atoms with Gasteiger partial charge in [0.1, 0.15) is 0 Å². The number of likely N-dealkylation sites (N-methyl/N-ethyl adjacent to an activating group) is 1. The summed E-state index contributed by atoms with van der Waals surface area (Å²) in [6, 6.07) is 27.6. The number of hydrogen-bond acceptors (Lipinski definition) is 4. The Morgan fingerprint density at radius 1 is 0.765 bits per heavy atom. The minimum atomic E-state index is 0. The lowest BCUT2D eigenvalue weighted by molar-refractivity contribution is 0.290. The fourth-order valence-electron chi connectivity index (χ4n) is 4.38. The summed E-state index contributed by atoms with van der Waals surface area (Å²) in [6.45, 7) is 4.48. The standard InChI is InChI=1S/C28H33N3O.2ClH/c1-30-17-19-31(20-18-30)26-15-11-24(12-16-26)28(23-9-13-25(29)14-10-23)27(8-5-21-32)22-6-3-2-4-7-22;;/h2-4,6-7,9-16,32H,5,8,17-21,29H2,1H3;2*1H/b28-27-;;. The van der Waals surface area contributed by atoms with Crippen molar-refractivity contribution >= 4 is 47.3 Å². The van der Waals surface area contributed by atoms with Gasteiger partial charge in [-0.25, -0.2) is 0 Å². The fraction of sp³-hybridized carbons (Fsp3) is 0.286. The van der Waals surface area contributed by atoms with E-state index in [1.54, 1.807) is 0 Å². The van der Waals surface area contributed by atoms with Crippen molar-refractivity contribution in [1.82, 2.24) is 4.90 Å². The van der Waals surface area contributed by atoms with Crippen LogP contribution >= 0.6 is 24.8 Å². The van der Waals surface area contributed by atoms with Crippen molar-refractivity contribution in [3.05, 3.63) is 95.6 Å². The first-order valence-electron chi connectivity index (χ1n) is 11.4. The molecular weight excluding hydrogens is 465 g/mol. The highest BCUT2D eigenvalue weighted by molar-refractivity contribution is 5.99. The molecule has 0 aliphatic carbocycles. The van der Waals surface area contributed by atoms with Crippen LogP contribution in [0.1, 0.15) is 29.5 Å². The fourth-order valence-corrected chi connectivity index (χ4v) is 4.38. The zero-order chi connectivity index (χ0) is 22.3. The molecule has 1 heterocycles. The molecule has 4 nitrogen and oxygen atoms in total. The molecule has 1 aliphatic rings. The minimum absolute atomic E-state index is 0. The molecular formula is C28H35Cl2N3O. The van der Waals surface area contributed by atoms with Crippen LogP contribution in [0.5, 0.6) is 0 Å². The van der Waals surface area contributed by atoms with Gasteiger partial charge in [0, 0.05) is 44.2 Å². The SMILES string of the molecule is CN1CCN(c2ccc(/C(=C(/CCCO)c3ccccc3)c3ccc(N)cc3)cc2)CC1.Cl.Cl. The van der Waals surface area contributed by atoms with E-state index in [0.717, 1.165) is 50.3 Å². The number of allylic oxidation sites excluding steroid dienone is 1. The zero-order valence-electron chi connectivity index (χ0n) is 19.7. The number of piperazine rings is 1. The summed E-state index contributed by atoms with van der Waals surface area (Å²) in [6.07, 6.45) is 1.53. The summed E-state index contributed by atoms with van der Waals surface area (Å²) in [7, 11) is 2.18. The molecule has 3 N–H and O–H groups in total. The number of nitrogens with zero attached hydrogens (tertiary/aromatic N) is 2. The number of aliphatic hydroxyl groups is 1. The van der Waals surface area contributed by atoms with Gasteiger partial charge in [-0.3, -0.25) is 0 Å². The number of rotatable bonds is 7. The number of anilines is 2. The molecule has 3 aromatic carbocycles. The highest BCUT2D eigenvalue weighted by atomic mass is 35.5. The topological polar surface area (TPSA) is 52.7 Å². The van der Waals surface area contributed by atoms with Gasteiger partial charge < -0.3 is 20.6 Å². The zero-order valence-corrected chi connectivity index (χ0v) is 21.3. The second-order valence-corrected chi connectivity index (χ2v) is 8.51. The van der Waals surface area contributed by atoms with Crippen LogP contribution in [-0.4, -0.2) is 49.8 Å². The quantitative estimate of drug-likeness (QED) is 0.328. The molecule has 0 spiro atoms. The van der Waals surface area contributed by atoms with E-state index in [1.165, 1.54) is 28.0 Å². The van der Waals surface area contributed by atoms with Gasteiger partial charge in [-0.05, 0) is 72.0 Å². The molecule has 3 aromatic rings. The minimum Gasteiger partial charge on any atom is -0.399 e. The molecule has 182 valence electrons. The average molecular weight is 501 g/mol. The van der Waals surface area contributed by atoms with Crippen LogP contribution in [0.25, 0.3) is 11.1 Å². The van der Waals surface area contributed by atoms with Crippen molar-refractivity contribution in [3.63, 3.8) is 0 Å². The summed E-state index contributed by atoms with van der Waals surface area (Å²) < 4.78 is 0. The molecule has 6 heteroatoms. The second-order valence-electron chi connectivity index (χ2n) is 8.51. The molecule has 1 aliphatic heterocycles. The smallest absolute Gasteiger partial charge is 0.0434 e. The van der Waals surface area contributed by atoms with Gasteiger partial charge in [0.15, 0.2) is 0 Å². The third-order valence-corrected chi connectivity index (χ3v) is 6.23. The Morgan fingerprint density at radius 2 is 1.32 bits per heavy atom. The Labute approximate surface area is 215 Å². The van der Waals surface area contributed by atoms with Gasteiger partial charge in [0.05, 0.1) is 0 Å². The largest absolute Gasteiger partial charge is 0.399 e. The predicted molar refractivity (Wildman–Crippen MR) is 150 cm³/mol. The molecule has 34 heavy (non-hydrogen) atoms. The Balaban J connectivity index is 0.00000204. The number of nitrogen functional groups attached to an aromatic ring is 1. The molecule has 0 saturated carbocycles. The molecule has 0 unspecified atom stereocenters. The Hall–Kier alpha value is -2.50. The third kappa shape index (κ3) is 6.77. The lowest BCUT2D eigenvalue weighted by Gasteiger charge is -2.34. The average Bonchev–Trinajstić information content (AvgIpc) is 2.84. The Morgan fingerprint density at radius 3 is 1.88 bits per heavy atom. The van der Waals surface area contributed by atoms with Crippen molar-refractivity contribution in [2.24, 2.45) is 0 Å². The second kappa shape index (κ2) is 13.4. The first-order chi connectivity index (χ1) is 15.7. The van der Waals surface area contributed by atoms with Crippen molar-refractivity contribution in [1.29, 1.82) is 0 Å². The number of hydrogen-bond donors (Lipinski definition) is 2. The van der Waals surface area contributed by atoms with Crippen LogP contribution in [0.3, 0.4) is 0 Å². The number of nitrogens with two attached hydrogens (primary N) is 1. The van der Waals surface area contributed by atoms with Gasteiger partial charge in [-0.15, -0.1) is 24.8 Å². The van der Waals surface area contributed by atoms with E-state index in [4.69, 9.17) is 5.73 Å². The first kappa shape index (κ1) is 27.7. The van der Waals surface area contributed by atoms with Gasteiger partial charge in [0.25, 0.3) is 0 Å². The van der Waals surface area contributed by atoms with Crippen LogP contribution in [0.2, 0.25) is 0 Å². The van der Waals surface area contributed by atoms with Crippen LogP contribution in [0, 0.1) is 0 Å².